The SMILES string of the molecule is OCc1ccc(Nc2ncccc2CO)cc1F. The lowest BCUT2D eigenvalue weighted by molar-refractivity contribution is 0.276. The van der Waals surface area contributed by atoms with Crippen LogP contribution >= 0.6 is 0 Å². The van der Waals surface area contributed by atoms with Crippen molar-refractivity contribution in [3.63, 3.8) is 0 Å². The van der Waals surface area contributed by atoms with Crippen LogP contribution in [0.25, 0.3) is 0 Å². The molecule has 0 aliphatic heterocycles. The number of hydrogen-bond donors (Lipinski definition) is 3. The normalized spacial score (nSPS) is 10.4. The molecule has 4 nitrogen and oxygen atoms in total. The molecule has 1 heterocycles. The van der Waals surface area contributed by atoms with Gasteiger partial charge in [-0.1, -0.05) is 12.1 Å². The molecule has 3 N–H and O–H groups in total. The van der Waals surface area contributed by atoms with Gasteiger partial charge in [-0.3, -0.25) is 0 Å². The smallest absolute Gasteiger partial charge is 0.135 e. The minimum Gasteiger partial charge on any atom is -0.392 e. The topological polar surface area (TPSA) is 65.4 Å². The Labute approximate surface area is 104 Å². The van der Waals surface area contributed by atoms with Crippen LogP contribution in [0, 0.1) is 5.82 Å². The summed E-state index contributed by atoms with van der Waals surface area (Å²) in [4.78, 5) is 4.07. The van der Waals surface area contributed by atoms with E-state index in [9.17, 15) is 4.39 Å². The minimum atomic E-state index is -0.482. The molecule has 2 rings (SSSR count). The third kappa shape index (κ3) is 2.64. The van der Waals surface area contributed by atoms with Gasteiger partial charge in [-0.25, -0.2) is 9.37 Å². The predicted molar refractivity (Wildman–Crippen MR) is 65.8 cm³/mol. The Morgan fingerprint density at radius 3 is 2.56 bits per heavy atom. The van der Waals surface area contributed by atoms with Gasteiger partial charge < -0.3 is 15.5 Å². The molecule has 1 aromatic heterocycles. The van der Waals surface area contributed by atoms with Gasteiger partial charge in [0.05, 0.1) is 13.2 Å². The molecule has 2 aromatic rings. The average molecular weight is 248 g/mol. The summed E-state index contributed by atoms with van der Waals surface area (Å²) < 4.78 is 13.5. The van der Waals surface area contributed by atoms with Gasteiger partial charge in [-0.2, -0.15) is 0 Å². The second kappa shape index (κ2) is 5.57. The summed E-state index contributed by atoms with van der Waals surface area (Å²) in [5, 5.41) is 20.9. The molecule has 0 bridgehead atoms. The van der Waals surface area contributed by atoms with Gasteiger partial charge in [0.15, 0.2) is 0 Å². The molecule has 18 heavy (non-hydrogen) atoms. The van der Waals surface area contributed by atoms with Gasteiger partial charge in [0.2, 0.25) is 0 Å². The summed E-state index contributed by atoms with van der Waals surface area (Å²) in [5.74, 6) is 0.000119. The van der Waals surface area contributed by atoms with Crippen LogP contribution in [-0.2, 0) is 13.2 Å². The molecule has 5 heteroatoms. The lowest BCUT2D eigenvalue weighted by atomic mass is 10.2. The van der Waals surface area contributed by atoms with Gasteiger partial charge in [0.1, 0.15) is 11.6 Å². The Balaban J connectivity index is 2.26. The van der Waals surface area contributed by atoms with Crippen molar-refractivity contribution in [1.29, 1.82) is 0 Å². The highest BCUT2D eigenvalue weighted by molar-refractivity contribution is 5.59. The number of benzene rings is 1. The first-order valence-electron chi connectivity index (χ1n) is 5.45. The maximum Gasteiger partial charge on any atom is 0.135 e. The summed E-state index contributed by atoms with van der Waals surface area (Å²) in [6.07, 6.45) is 1.58. The lowest BCUT2D eigenvalue weighted by Crippen LogP contribution is -2.00. The van der Waals surface area contributed by atoms with Crippen LogP contribution in [-0.4, -0.2) is 15.2 Å². The summed E-state index contributed by atoms with van der Waals surface area (Å²) >= 11 is 0. The number of halogens is 1. The summed E-state index contributed by atoms with van der Waals surface area (Å²) in [6, 6.07) is 7.87. The largest absolute Gasteiger partial charge is 0.392 e. The fraction of sp³-hybridized carbons (Fsp3) is 0.154. The summed E-state index contributed by atoms with van der Waals surface area (Å²) in [5.41, 5.74) is 1.38. The van der Waals surface area contributed by atoms with Crippen molar-refractivity contribution in [2.75, 3.05) is 5.32 Å². The second-order valence-corrected chi connectivity index (χ2v) is 3.76. The Kier molecular flexibility index (Phi) is 3.86. The van der Waals surface area contributed by atoms with Gasteiger partial charge in [-0.05, 0) is 18.2 Å². The zero-order valence-electron chi connectivity index (χ0n) is 9.60. The number of aliphatic hydroxyl groups excluding tert-OH is 2. The zero-order chi connectivity index (χ0) is 13.0. The monoisotopic (exact) mass is 248 g/mol. The number of hydrogen-bond acceptors (Lipinski definition) is 4. The van der Waals surface area contributed by atoms with E-state index in [1.807, 2.05) is 0 Å². The minimum absolute atomic E-state index is 0.145. The van der Waals surface area contributed by atoms with E-state index in [4.69, 9.17) is 10.2 Å². The molecule has 0 aliphatic carbocycles. The Bertz CT molecular complexity index is 546. The van der Waals surface area contributed by atoms with E-state index in [1.165, 1.54) is 12.1 Å². The first-order chi connectivity index (χ1) is 8.74. The highest BCUT2D eigenvalue weighted by Gasteiger charge is 2.05. The van der Waals surface area contributed by atoms with Crippen molar-refractivity contribution in [1.82, 2.24) is 4.98 Å². The van der Waals surface area contributed by atoms with Crippen LogP contribution in [0.1, 0.15) is 11.1 Å². The Morgan fingerprint density at radius 1 is 1.11 bits per heavy atom. The third-order valence-corrected chi connectivity index (χ3v) is 2.55. The highest BCUT2D eigenvalue weighted by atomic mass is 19.1. The molecule has 94 valence electrons. The molecular formula is C13H13FN2O2. The van der Waals surface area contributed by atoms with Crippen molar-refractivity contribution in [2.24, 2.45) is 0 Å². The third-order valence-electron chi connectivity index (χ3n) is 2.55. The number of nitrogens with zero attached hydrogens (tertiary/aromatic N) is 1. The van der Waals surface area contributed by atoms with Gasteiger partial charge in [0.25, 0.3) is 0 Å². The quantitative estimate of drug-likeness (QED) is 0.773. The number of aliphatic hydroxyl groups is 2. The van der Waals surface area contributed by atoms with Gasteiger partial charge >= 0.3 is 0 Å². The van der Waals surface area contributed by atoms with E-state index >= 15 is 0 Å². The van der Waals surface area contributed by atoms with Crippen LogP contribution in [0.5, 0.6) is 0 Å². The number of pyridine rings is 1. The van der Waals surface area contributed by atoms with Crippen molar-refractivity contribution in [3.05, 3.63) is 53.5 Å². The van der Waals surface area contributed by atoms with E-state index in [0.717, 1.165) is 0 Å². The number of anilines is 2. The summed E-state index contributed by atoms with van der Waals surface area (Å²) in [6.45, 7) is -0.481. The molecule has 0 aliphatic rings. The average Bonchev–Trinajstić information content (AvgIpc) is 2.39. The number of rotatable bonds is 4. The standard InChI is InChI=1S/C13H13FN2O2/c14-12-6-11(4-3-9(12)7-17)16-13-10(8-18)2-1-5-15-13/h1-6,17-18H,7-8H2,(H,15,16). The molecule has 0 saturated carbocycles. The van der Waals surface area contributed by atoms with E-state index in [0.29, 0.717) is 17.1 Å². The first-order valence-corrected chi connectivity index (χ1v) is 5.45. The van der Waals surface area contributed by atoms with E-state index in [1.54, 1.807) is 24.4 Å². The second-order valence-electron chi connectivity index (χ2n) is 3.76. The van der Waals surface area contributed by atoms with Crippen LogP contribution in [0.4, 0.5) is 15.9 Å². The van der Waals surface area contributed by atoms with Crippen LogP contribution in [0.3, 0.4) is 0 Å². The fourth-order valence-electron chi connectivity index (χ4n) is 1.57. The van der Waals surface area contributed by atoms with E-state index in [-0.39, 0.29) is 18.8 Å². The number of nitrogens with one attached hydrogen (secondary N) is 1. The molecule has 0 amide bonds. The van der Waals surface area contributed by atoms with Crippen molar-refractivity contribution >= 4 is 11.5 Å². The zero-order valence-corrected chi connectivity index (χ0v) is 9.60. The Hall–Kier alpha value is -1.98. The Morgan fingerprint density at radius 2 is 1.89 bits per heavy atom. The first kappa shape index (κ1) is 12.5. The molecule has 0 unspecified atom stereocenters. The summed E-state index contributed by atoms with van der Waals surface area (Å²) in [7, 11) is 0. The van der Waals surface area contributed by atoms with E-state index < -0.39 is 5.82 Å². The molecule has 0 saturated heterocycles. The van der Waals surface area contributed by atoms with Crippen LogP contribution in [0.15, 0.2) is 36.5 Å². The molecule has 0 atom stereocenters. The maximum absolute atomic E-state index is 13.5. The number of aromatic nitrogens is 1. The van der Waals surface area contributed by atoms with Crippen LogP contribution < -0.4 is 5.32 Å². The maximum atomic E-state index is 13.5. The fourth-order valence-corrected chi connectivity index (χ4v) is 1.57. The molecule has 0 radical (unpaired) electrons. The predicted octanol–water partition coefficient (Wildman–Crippen LogP) is 1.95. The van der Waals surface area contributed by atoms with Crippen molar-refractivity contribution in [2.45, 2.75) is 13.2 Å². The lowest BCUT2D eigenvalue weighted by Gasteiger charge is -2.10. The molecular weight excluding hydrogens is 235 g/mol. The van der Waals surface area contributed by atoms with Crippen molar-refractivity contribution in [3.8, 4) is 0 Å². The van der Waals surface area contributed by atoms with Gasteiger partial charge in [0, 0.05) is 23.0 Å². The van der Waals surface area contributed by atoms with Crippen LogP contribution in [0.2, 0.25) is 0 Å². The molecule has 1 aromatic carbocycles. The highest BCUT2D eigenvalue weighted by Crippen LogP contribution is 2.20. The molecule has 0 spiro atoms. The van der Waals surface area contributed by atoms with E-state index in [2.05, 4.69) is 10.3 Å². The van der Waals surface area contributed by atoms with Crippen molar-refractivity contribution < 1.29 is 14.6 Å². The molecule has 0 fully saturated rings. The van der Waals surface area contributed by atoms with Gasteiger partial charge in [-0.15, -0.1) is 0 Å².